The summed E-state index contributed by atoms with van der Waals surface area (Å²) in [5.41, 5.74) is 9.23. The minimum absolute atomic E-state index is 0.0748. The van der Waals surface area contributed by atoms with Crippen molar-refractivity contribution in [3.8, 4) is 0 Å². The number of nitrogens with one attached hydrogen (secondary N) is 1. The number of nitrogens with zero attached hydrogens (tertiary/aromatic N) is 4. The van der Waals surface area contributed by atoms with Crippen LogP contribution in [0.25, 0.3) is 11.2 Å². The predicted octanol–water partition coefficient (Wildman–Crippen LogP) is 1.79. The number of hydrogen-bond acceptors (Lipinski definition) is 9. The molecule has 4 atom stereocenters. The molecule has 2 aromatic carbocycles. The Hall–Kier alpha value is -3.41. The Morgan fingerprint density at radius 3 is 2.31 bits per heavy atom. The van der Waals surface area contributed by atoms with E-state index in [-0.39, 0.29) is 19.1 Å². The van der Waals surface area contributed by atoms with Gasteiger partial charge in [0, 0.05) is 19.6 Å². The van der Waals surface area contributed by atoms with Crippen molar-refractivity contribution >= 4 is 17.0 Å². The first-order chi connectivity index (χ1) is 17.6. The standard InChI is InChI=1S/C26H30N6O4/c1-35-14-19-22(33)23(34)26(36-19)32-15-29-21-24(30-20(12-27)31-25(21)32)28-13-18(16-8-4-2-5-9-16)17-10-6-3-7-11-17/h2-11,15,18-19,22-23,26,33-34H,12-14,27H2,1H3,(H,28,30,31)/t19-,22-,23-,26-/m1/s1. The lowest BCUT2D eigenvalue weighted by molar-refractivity contribution is -0.0580. The maximum atomic E-state index is 10.6. The summed E-state index contributed by atoms with van der Waals surface area (Å²) in [6, 6.07) is 20.5. The number of fused-ring (bicyclic) bond motifs is 1. The van der Waals surface area contributed by atoms with Gasteiger partial charge in [-0.15, -0.1) is 0 Å². The Kier molecular flexibility index (Phi) is 7.21. The summed E-state index contributed by atoms with van der Waals surface area (Å²) >= 11 is 0. The number of aliphatic hydroxyl groups is 2. The van der Waals surface area contributed by atoms with Crippen LogP contribution in [0.3, 0.4) is 0 Å². The summed E-state index contributed by atoms with van der Waals surface area (Å²) in [5.74, 6) is 1.03. The van der Waals surface area contributed by atoms with E-state index in [2.05, 4.69) is 44.5 Å². The van der Waals surface area contributed by atoms with Crippen molar-refractivity contribution in [1.82, 2.24) is 19.5 Å². The van der Waals surface area contributed by atoms with Gasteiger partial charge in [0.15, 0.2) is 23.2 Å². The van der Waals surface area contributed by atoms with Gasteiger partial charge in [-0.05, 0) is 11.1 Å². The van der Waals surface area contributed by atoms with E-state index in [0.717, 1.165) is 0 Å². The number of methoxy groups -OCH3 is 1. The van der Waals surface area contributed by atoms with E-state index in [9.17, 15) is 10.2 Å². The van der Waals surface area contributed by atoms with Crippen LogP contribution in [-0.4, -0.2) is 68.3 Å². The second kappa shape index (κ2) is 10.7. The average Bonchev–Trinajstić information content (AvgIpc) is 3.46. The van der Waals surface area contributed by atoms with E-state index in [1.54, 1.807) is 4.57 Å². The van der Waals surface area contributed by atoms with Gasteiger partial charge < -0.3 is 30.7 Å². The van der Waals surface area contributed by atoms with Crippen LogP contribution in [0.2, 0.25) is 0 Å². The van der Waals surface area contributed by atoms with Crippen LogP contribution >= 0.6 is 0 Å². The molecule has 0 amide bonds. The molecule has 1 aliphatic rings. The number of aromatic nitrogens is 4. The van der Waals surface area contributed by atoms with E-state index in [4.69, 9.17) is 15.2 Å². The summed E-state index contributed by atoms with van der Waals surface area (Å²) in [6.07, 6.45) is -2.28. The molecule has 10 heteroatoms. The van der Waals surface area contributed by atoms with Crippen molar-refractivity contribution in [2.45, 2.75) is 37.0 Å². The predicted molar refractivity (Wildman–Crippen MR) is 134 cm³/mol. The molecule has 5 rings (SSSR count). The minimum atomic E-state index is -1.17. The molecule has 5 N–H and O–H groups in total. The van der Waals surface area contributed by atoms with Gasteiger partial charge in [0.25, 0.3) is 0 Å². The molecule has 3 heterocycles. The first kappa shape index (κ1) is 24.3. The lowest BCUT2D eigenvalue weighted by atomic mass is 9.91. The van der Waals surface area contributed by atoms with E-state index >= 15 is 0 Å². The highest BCUT2D eigenvalue weighted by Crippen LogP contribution is 2.33. The van der Waals surface area contributed by atoms with Crippen molar-refractivity contribution in [2.24, 2.45) is 5.73 Å². The molecular formula is C26H30N6O4. The van der Waals surface area contributed by atoms with Crippen molar-refractivity contribution < 1.29 is 19.7 Å². The first-order valence-corrected chi connectivity index (χ1v) is 11.9. The molecule has 0 saturated carbocycles. The molecular weight excluding hydrogens is 460 g/mol. The second-order valence-corrected chi connectivity index (χ2v) is 8.77. The van der Waals surface area contributed by atoms with Gasteiger partial charge >= 0.3 is 0 Å². The largest absolute Gasteiger partial charge is 0.387 e. The molecule has 4 aromatic rings. The van der Waals surface area contributed by atoms with Gasteiger partial charge in [-0.1, -0.05) is 60.7 Å². The zero-order valence-electron chi connectivity index (χ0n) is 19.9. The van der Waals surface area contributed by atoms with Crippen molar-refractivity contribution in [1.29, 1.82) is 0 Å². The third-order valence-corrected chi connectivity index (χ3v) is 6.47. The molecule has 36 heavy (non-hydrogen) atoms. The highest BCUT2D eigenvalue weighted by molar-refractivity contribution is 5.83. The minimum Gasteiger partial charge on any atom is -0.387 e. The lowest BCUT2D eigenvalue weighted by Crippen LogP contribution is -2.33. The number of hydrogen-bond donors (Lipinski definition) is 4. The number of rotatable bonds is 9. The van der Waals surface area contributed by atoms with Crippen LogP contribution in [0.1, 0.15) is 29.1 Å². The Bertz CT molecular complexity index is 1250. The number of anilines is 1. The SMILES string of the molecule is COC[C@H]1O[C@@H](n2cnc3c(NCC(c4ccccc4)c4ccccc4)nc(CN)nc32)[C@H](O)[C@@H]1O. The molecule has 0 spiro atoms. The van der Waals surface area contributed by atoms with Crippen LogP contribution < -0.4 is 11.1 Å². The summed E-state index contributed by atoms with van der Waals surface area (Å²) in [7, 11) is 1.51. The lowest BCUT2D eigenvalue weighted by Gasteiger charge is -2.20. The molecule has 188 valence electrons. The molecule has 1 fully saturated rings. The zero-order chi connectivity index (χ0) is 25.1. The Labute approximate surface area is 208 Å². The van der Waals surface area contributed by atoms with E-state index < -0.39 is 24.5 Å². The molecule has 2 aromatic heterocycles. The fraction of sp³-hybridized carbons (Fsp3) is 0.346. The van der Waals surface area contributed by atoms with E-state index in [1.165, 1.54) is 24.6 Å². The van der Waals surface area contributed by atoms with Crippen LogP contribution in [0.4, 0.5) is 5.82 Å². The van der Waals surface area contributed by atoms with Gasteiger partial charge in [0.2, 0.25) is 0 Å². The monoisotopic (exact) mass is 490 g/mol. The Morgan fingerprint density at radius 1 is 1.03 bits per heavy atom. The highest BCUT2D eigenvalue weighted by atomic mass is 16.6. The number of nitrogens with two attached hydrogens (primary N) is 1. The van der Waals surface area contributed by atoms with E-state index in [1.807, 2.05) is 36.4 Å². The van der Waals surface area contributed by atoms with Crippen molar-refractivity contribution in [3.63, 3.8) is 0 Å². The Balaban J connectivity index is 1.47. The van der Waals surface area contributed by atoms with Crippen LogP contribution in [0, 0.1) is 0 Å². The van der Waals surface area contributed by atoms with Gasteiger partial charge in [0.1, 0.15) is 24.1 Å². The fourth-order valence-corrected chi connectivity index (χ4v) is 4.62. The van der Waals surface area contributed by atoms with E-state index in [0.29, 0.717) is 29.4 Å². The third kappa shape index (κ3) is 4.69. The van der Waals surface area contributed by atoms with Crippen LogP contribution in [0.15, 0.2) is 67.0 Å². The van der Waals surface area contributed by atoms with Gasteiger partial charge in [-0.2, -0.15) is 0 Å². The summed E-state index contributed by atoms with van der Waals surface area (Å²) in [4.78, 5) is 13.7. The van der Waals surface area contributed by atoms with Crippen LogP contribution in [-0.2, 0) is 16.0 Å². The molecule has 1 aliphatic heterocycles. The van der Waals surface area contributed by atoms with Gasteiger partial charge in [0.05, 0.1) is 19.5 Å². The summed E-state index contributed by atoms with van der Waals surface area (Å²) in [5, 5.41) is 24.5. The molecule has 10 nitrogen and oxygen atoms in total. The van der Waals surface area contributed by atoms with Crippen molar-refractivity contribution in [2.75, 3.05) is 25.6 Å². The molecule has 1 saturated heterocycles. The van der Waals surface area contributed by atoms with Gasteiger partial charge in [-0.25, -0.2) is 15.0 Å². The molecule has 0 unspecified atom stereocenters. The number of imidazole rings is 1. The maximum Gasteiger partial charge on any atom is 0.168 e. The summed E-state index contributed by atoms with van der Waals surface area (Å²) in [6.45, 7) is 0.839. The topological polar surface area (TPSA) is 141 Å². The summed E-state index contributed by atoms with van der Waals surface area (Å²) < 4.78 is 12.6. The number of ether oxygens (including phenoxy) is 2. The normalized spacial score (nSPS) is 21.9. The number of aliphatic hydroxyl groups excluding tert-OH is 2. The maximum absolute atomic E-state index is 10.6. The Morgan fingerprint density at radius 2 is 1.69 bits per heavy atom. The second-order valence-electron chi connectivity index (χ2n) is 8.77. The highest BCUT2D eigenvalue weighted by Gasteiger charge is 2.44. The van der Waals surface area contributed by atoms with Gasteiger partial charge in [-0.3, -0.25) is 4.57 Å². The smallest absolute Gasteiger partial charge is 0.168 e. The average molecular weight is 491 g/mol. The first-order valence-electron chi connectivity index (χ1n) is 11.9. The molecule has 0 radical (unpaired) electrons. The molecule has 0 aliphatic carbocycles. The molecule has 0 bridgehead atoms. The third-order valence-electron chi connectivity index (χ3n) is 6.47. The number of benzene rings is 2. The zero-order valence-corrected chi connectivity index (χ0v) is 19.9. The van der Waals surface area contributed by atoms with Crippen molar-refractivity contribution in [3.05, 3.63) is 83.9 Å². The quantitative estimate of drug-likeness (QED) is 0.276. The fourth-order valence-electron chi connectivity index (χ4n) is 4.62. The van der Waals surface area contributed by atoms with Crippen LogP contribution in [0.5, 0.6) is 0 Å².